The molecule has 19 heavy (non-hydrogen) atoms. The number of methoxy groups -OCH3 is 1. The van der Waals surface area contributed by atoms with Gasteiger partial charge in [-0.25, -0.2) is 4.98 Å². The zero-order valence-corrected chi connectivity index (χ0v) is 12.5. The van der Waals surface area contributed by atoms with Crippen LogP contribution in [0.1, 0.15) is 6.92 Å². The smallest absolute Gasteiger partial charge is 0.133 e. The third-order valence-electron chi connectivity index (χ3n) is 2.53. The Morgan fingerprint density at radius 2 is 2.00 bits per heavy atom. The summed E-state index contributed by atoms with van der Waals surface area (Å²) >= 11 is 3.46. The Hall–Kier alpha value is -1.75. The highest BCUT2D eigenvalue weighted by Gasteiger charge is 2.02. The number of aromatic nitrogens is 1. The fraction of sp³-hybridized carbons (Fsp3) is 0.214. The van der Waals surface area contributed by atoms with E-state index in [1.807, 2.05) is 43.3 Å². The van der Waals surface area contributed by atoms with Gasteiger partial charge in [-0.05, 0) is 53.2 Å². The summed E-state index contributed by atoms with van der Waals surface area (Å²) in [7, 11) is 1.65. The topological polar surface area (TPSA) is 46.2 Å². The number of hydrogen-bond acceptors (Lipinski definition) is 4. The molecule has 0 amide bonds. The molecule has 0 radical (unpaired) electrons. The summed E-state index contributed by atoms with van der Waals surface area (Å²) < 4.78 is 6.11. The Bertz CT molecular complexity index is 560. The zero-order chi connectivity index (χ0) is 13.7. The molecule has 0 bridgehead atoms. The van der Waals surface area contributed by atoms with Crippen LogP contribution in [0.4, 0.5) is 17.3 Å². The number of pyridine rings is 1. The summed E-state index contributed by atoms with van der Waals surface area (Å²) in [6, 6.07) is 11.6. The molecule has 0 saturated heterocycles. The first kappa shape index (κ1) is 13.7. The van der Waals surface area contributed by atoms with Crippen molar-refractivity contribution in [1.29, 1.82) is 0 Å². The van der Waals surface area contributed by atoms with E-state index in [2.05, 4.69) is 31.5 Å². The van der Waals surface area contributed by atoms with Crippen molar-refractivity contribution >= 4 is 33.3 Å². The van der Waals surface area contributed by atoms with Gasteiger partial charge in [0.05, 0.1) is 11.6 Å². The van der Waals surface area contributed by atoms with Crippen LogP contribution >= 0.6 is 15.9 Å². The zero-order valence-electron chi connectivity index (χ0n) is 10.9. The largest absolute Gasteiger partial charge is 0.496 e. The molecule has 0 aliphatic heterocycles. The third-order valence-corrected chi connectivity index (χ3v) is 3.15. The quantitative estimate of drug-likeness (QED) is 0.872. The van der Waals surface area contributed by atoms with Gasteiger partial charge >= 0.3 is 0 Å². The normalized spacial score (nSPS) is 10.1. The van der Waals surface area contributed by atoms with E-state index >= 15 is 0 Å². The van der Waals surface area contributed by atoms with Crippen LogP contribution in [0.2, 0.25) is 0 Å². The van der Waals surface area contributed by atoms with Gasteiger partial charge in [0.25, 0.3) is 0 Å². The maximum Gasteiger partial charge on any atom is 0.133 e. The van der Waals surface area contributed by atoms with E-state index in [0.717, 1.165) is 34.1 Å². The van der Waals surface area contributed by atoms with Crippen LogP contribution in [-0.2, 0) is 0 Å². The van der Waals surface area contributed by atoms with Gasteiger partial charge in [-0.3, -0.25) is 0 Å². The molecule has 5 heteroatoms. The highest BCUT2D eigenvalue weighted by atomic mass is 79.9. The van der Waals surface area contributed by atoms with E-state index in [4.69, 9.17) is 4.74 Å². The lowest BCUT2D eigenvalue weighted by atomic mass is 10.3. The van der Waals surface area contributed by atoms with Crippen molar-refractivity contribution in [2.45, 2.75) is 6.92 Å². The van der Waals surface area contributed by atoms with Crippen LogP contribution in [-0.4, -0.2) is 18.6 Å². The van der Waals surface area contributed by atoms with Crippen molar-refractivity contribution in [2.24, 2.45) is 0 Å². The number of halogens is 1. The van der Waals surface area contributed by atoms with Gasteiger partial charge in [0.15, 0.2) is 0 Å². The first-order chi connectivity index (χ1) is 9.22. The van der Waals surface area contributed by atoms with Gasteiger partial charge in [0.1, 0.15) is 17.4 Å². The molecule has 0 saturated carbocycles. The van der Waals surface area contributed by atoms with Gasteiger partial charge in [-0.1, -0.05) is 6.07 Å². The first-order valence-corrected chi connectivity index (χ1v) is 6.83. The van der Waals surface area contributed by atoms with Crippen molar-refractivity contribution in [2.75, 3.05) is 24.3 Å². The molecule has 2 aromatic rings. The minimum absolute atomic E-state index is 0.801. The molecule has 1 aromatic carbocycles. The van der Waals surface area contributed by atoms with E-state index in [1.165, 1.54) is 0 Å². The summed E-state index contributed by atoms with van der Waals surface area (Å²) in [5.74, 6) is 2.47. The lowest BCUT2D eigenvalue weighted by molar-refractivity contribution is 0.412. The summed E-state index contributed by atoms with van der Waals surface area (Å²) in [6.45, 7) is 2.90. The second-order valence-corrected chi connectivity index (χ2v) is 4.77. The molecule has 4 nitrogen and oxygen atoms in total. The van der Waals surface area contributed by atoms with E-state index in [1.54, 1.807) is 7.11 Å². The average molecular weight is 322 g/mol. The van der Waals surface area contributed by atoms with Gasteiger partial charge < -0.3 is 15.4 Å². The molecule has 0 aliphatic carbocycles. The van der Waals surface area contributed by atoms with Crippen LogP contribution in [0.25, 0.3) is 0 Å². The molecule has 1 heterocycles. The first-order valence-electron chi connectivity index (χ1n) is 6.04. The highest BCUT2D eigenvalue weighted by Crippen LogP contribution is 2.29. The minimum Gasteiger partial charge on any atom is -0.496 e. The van der Waals surface area contributed by atoms with Crippen molar-refractivity contribution in [3.05, 3.63) is 40.9 Å². The van der Waals surface area contributed by atoms with Crippen LogP contribution in [0.3, 0.4) is 0 Å². The molecular weight excluding hydrogens is 306 g/mol. The molecule has 0 aliphatic rings. The average Bonchev–Trinajstić information content (AvgIpc) is 2.40. The SMILES string of the molecule is CCNc1cccc(Nc2ccc(OC)c(Br)c2)n1. The molecule has 0 fully saturated rings. The van der Waals surface area contributed by atoms with Gasteiger partial charge in [-0.2, -0.15) is 0 Å². The van der Waals surface area contributed by atoms with Crippen LogP contribution in [0.5, 0.6) is 5.75 Å². The van der Waals surface area contributed by atoms with Crippen molar-refractivity contribution < 1.29 is 4.74 Å². The fourth-order valence-corrected chi connectivity index (χ4v) is 2.22. The molecule has 2 rings (SSSR count). The summed E-state index contributed by atoms with van der Waals surface area (Å²) in [5.41, 5.74) is 0.953. The summed E-state index contributed by atoms with van der Waals surface area (Å²) in [4.78, 5) is 4.46. The number of nitrogens with one attached hydrogen (secondary N) is 2. The standard InChI is InChI=1S/C14H16BrN3O/c1-3-16-13-5-4-6-14(18-13)17-10-7-8-12(19-2)11(15)9-10/h4-9H,3H2,1-2H3,(H2,16,17,18). The Morgan fingerprint density at radius 1 is 1.21 bits per heavy atom. The number of benzene rings is 1. The number of ether oxygens (including phenoxy) is 1. The van der Waals surface area contributed by atoms with E-state index in [-0.39, 0.29) is 0 Å². The van der Waals surface area contributed by atoms with Crippen LogP contribution < -0.4 is 15.4 Å². The maximum atomic E-state index is 5.20. The van der Waals surface area contributed by atoms with Crippen molar-refractivity contribution in [3.8, 4) is 5.75 Å². The Balaban J connectivity index is 2.16. The second-order valence-electron chi connectivity index (χ2n) is 3.91. The van der Waals surface area contributed by atoms with E-state index in [9.17, 15) is 0 Å². The summed E-state index contributed by atoms with van der Waals surface area (Å²) in [6.07, 6.45) is 0. The predicted octanol–water partition coefficient (Wildman–Crippen LogP) is 4.03. The highest BCUT2D eigenvalue weighted by molar-refractivity contribution is 9.10. The molecule has 100 valence electrons. The van der Waals surface area contributed by atoms with Crippen molar-refractivity contribution in [3.63, 3.8) is 0 Å². The van der Waals surface area contributed by atoms with Crippen molar-refractivity contribution in [1.82, 2.24) is 4.98 Å². The second kappa shape index (κ2) is 6.43. The lowest BCUT2D eigenvalue weighted by Gasteiger charge is -2.10. The van der Waals surface area contributed by atoms with E-state index < -0.39 is 0 Å². The molecule has 2 N–H and O–H groups in total. The molecular formula is C14H16BrN3O. The molecule has 0 spiro atoms. The number of nitrogens with zero attached hydrogens (tertiary/aromatic N) is 1. The molecule has 1 aromatic heterocycles. The minimum atomic E-state index is 0.801. The Kier molecular flexibility index (Phi) is 4.63. The predicted molar refractivity (Wildman–Crippen MR) is 82.4 cm³/mol. The maximum absolute atomic E-state index is 5.20. The number of hydrogen-bond donors (Lipinski definition) is 2. The number of rotatable bonds is 5. The fourth-order valence-electron chi connectivity index (χ4n) is 1.68. The van der Waals surface area contributed by atoms with Gasteiger partial charge in [0, 0.05) is 12.2 Å². The van der Waals surface area contributed by atoms with E-state index in [0.29, 0.717) is 0 Å². The summed E-state index contributed by atoms with van der Waals surface area (Å²) in [5, 5.41) is 6.44. The number of anilines is 3. The Labute approximate surface area is 121 Å². The van der Waals surface area contributed by atoms with Gasteiger partial charge in [0.2, 0.25) is 0 Å². The molecule has 0 unspecified atom stereocenters. The van der Waals surface area contributed by atoms with Crippen LogP contribution in [0.15, 0.2) is 40.9 Å². The third kappa shape index (κ3) is 3.61. The molecule has 0 atom stereocenters. The van der Waals surface area contributed by atoms with Gasteiger partial charge in [-0.15, -0.1) is 0 Å². The lowest BCUT2D eigenvalue weighted by Crippen LogP contribution is -2.01. The Morgan fingerprint density at radius 3 is 2.68 bits per heavy atom. The monoisotopic (exact) mass is 321 g/mol. The van der Waals surface area contributed by atoms with Crippen LogP contribution in [0, 0.1) is 0 Å².